The first-order valence-corrected chi connectivity index (χ1v) is 10.5. The van der Waals surface area contributed by atoms with Crippen molar-refractivity contribution in [2.24, 2.45) is 0 Å². The van der Waals surface area contributed by atoms with Crippen LogP contribution in [-0.4, -0.2) is 31.3 Å². The molecule has 4 nitrogen and oxygen atoms in total. The first kappa shape index (κ1) is 21.4. The smallest absolute Gasteiger partial charge is 0.255 e. The molecule has 0 bridgehead atoms. The molecular formula is C25H33NO3. The lowest BCUT2D eigenvalue weighted by atomic mass is 9.68. The van der Waals surface area contributed by atoms with Gasteiger partial charge in [0.05, 0.1) is 24.4 Å². The zero-order valence-corrected chi connectivity index (χ0v) is 18.0. The standard InChI is InChI=1S/C25H33NO3/c1-24(2,3)29-20-14-16-25(17-15-20,19-10-6-5-7-11-19)18-26-23(27)21-12-8-9-13-22(21)28-4/h5-13,20H,14-18H2,1-4H3,(H,26,27). The molecule has 0 spiro atoms. The Morgan fingerprint density at radius 1 is 1.03 bits per heavy atom. The van der Waals surface area contributed by atoms with Crippen molar-refractivity contribution in [3.05, 3.63) is 65.7 Å². The van der Waals surface area contributed by atoms with Crippen molar-refractivity contribution in [3.8, 4) is 5.75 Å². The summed E-state index contributed by atoms with van der Waals surface area (Å²) in [5.41, 5.74) is 1.66. The Hall–Kier alpha value is -2.33. The number of rotatable bonds is 6. The summed E-state index contributed by atoms with van der Waals surface area (Å²) in [6.45, 7) is 6.94. The molecule has 1 aliphatic rings. The van der Waals surface area contributed by atoms with Crippen LogP contribution in [0.1, 0.15) is 62.4 Å². The van der Waals surface area contributed by atoms with Crippen molar-refractivity contribution in [2.75, 3.05) is 13.7 Å². The van der Waals surface area contributed by atoms with Gasteiger partial charge in [0.15, 0.2) is 0 Å². The van der Waals surface area contributed by atoms with Gasteiger partial charge in [0.25, 0.3) is 5.91 Å². The summed E-state index contributed by atoms with van der Waals surface area (Å²) in [5.74, 6) is 0.506. The number of ether oxygens (including phenoxy) is 2. The number of nitrogens with one attached hydrogen (secondary N) is 1. The number of hydrogen-bond donors (Lipinski definition) is 1. The van der Waals surface area contributed by atoms with E-state index in [1.165, 1.54) is 5.56 Å². The lowest BCUT2D eigenvalue weighted by Gasteiger charge is -2.42. The molecule has 0 aromatic heterocycles. The van der Waals surface area contributed by atoms with E-state index in [9.17, 15) is 4.79 Å². The fraction of sp³-hybridized carbons (Fsp3) is 0.480. The minimum atomic E-state index is -0.129. The van der Waals surface area contributed by atoms with Crippen molar-refractivity contribution >= 4 is 5.91 Å². The Morgan fingerprint density at radius 2 is 1.66 bits per heavy atom. The summed E-state index contributed by atoms with van der Waals surface area (Å²) in [7, 11) is 1.59. The van der Waals surface area contributed by atoms with Crippen molar-refractivity contribution in [1.82, 2.24) is 5.32 Å². The van der Waals surface area contributed by atoms with Gasteiger partial charge in [-0.05, 0) is 64.2 Å². The normalized spacial score (nSPS) is 22.1. The maximum atomic E-state index is 12.9. The molecule has 1 N–H and O–H groups in total. The highest BCUT2D eigenvalue weighted by Gasteiger charge is 2.38. The molecule has 4 heteroatoms. The Kier molecular flexibility index (Phi) is 6.63. The van der Waals surface area contributed by atoms with E-state index in [1.54, 1.807) is 13.2 Å². The monoisotopic (exact) mass is 395 g/mol. The van der Waals surface area contributed by atoms with Gasteiger partial charge in [-0.25, -0.2) is 0 Å². The van der Waals surface area contributed by atoms with Crippen molar-refractivity contribution in [3.63, 3.8) is 0 Å². The zero-order valence-electron chi connectivity index (χ0n) is 18.0. The van der Waals surface area contributed by atoms with Gasteiger partial charge in [0, 0.05) is 12.0 Å². The van der Waals surface area contributed by atoms with Crippen molar-refractivity contribution in [1.29, 1.82) is 0 Å². The minimum absolute atomic E-state index is 0.0727. The topological polar surface area (TPSA) is 47.6 Å². The SMILES string of the molecule is COc1ccccc1C(=O)NCC1(c2ccccc2)CCC(OC(C)(C)C)CC1. The molecule has 0 saturated heterocycles. The lowest BCUT2D eigenvalue weighted by molar-refractivity contribution is -0.0807. The summed E-state index contributed by atoms with van der Waals surface area (Å²) < 4.78 is 11.6. The van der Waals surface area contributed by atoms with Crippen LogP contribution in [0.4, 0.5) is 0 Å². The van der Waals surface area contributed by atoms with E-state index in [0.717, 1.165) is 25.7 Å². The summed E-state index contributed by atoms with van der Waals surface area (Å²) in [6.07, 6.45) is 4.25. The average Bonchev–Trinajstić information content (AvgIpc) is 2.73. The summed E-state index contributed by atoms with van der Waals surface area (Å²) in [5, 5.41) is 3.19. The van der Waals surface area contributed by atoms with Crippen LogP contribution in [0.3, 0.4) is 0 Å². The van der Waals surface area contributed by atoms with Crippen LogP contribution in [0.15, 0.2) is 54.6 Å². The zero-order chi connectivity index (χ0) is 20.9. The molecule has 0 unspecified atom stereocenters. The van der Waals surface area contributed by atoms with Gasteiger partial charge in [-0.15, -0.1) is 0 Å². The molecule has 29 heavy (non-hydrogen) atoms. The highest BCUT2D eigenvalue weighted by atomic mass is 16.5. The number of methoxy groups -OCH3 is 1. The molecule has 1 fully saturated rings. The van der Waals surface area contributed by atoms with E-state index >= 15 is 0 Å². The van der Waals surface area contributed by atoms with E-state index in [4.69, 9.17) is 9.47 Å². The number of para-hydroxylation sites is 1. The number of amides is 1. The maximum Gasteiger partial charge on any atom is 0.255 e. The van der Waals surface area contributed by atoms with Crippen molar-refractivity contribution in [2.45, 2.75) is 63.6 Å². The van der Waals surface area contributed by atoms with Crippen LogP contribution in [-0.2, 0) is 10.2 Å². The van der Waals surface area contributed by atoms with Crippen LogP contribution in [0.5, 0.6) is 5.75 Å². The van der Waals surface area contributed by atoms with E-state index in [2.05, 4.69) is 50.4 Å². The number of carbonyl (C=O) groups excluding carboxylic acids is 1. The maximum absolute atomic E-state index is 12.9. The van der Waals surface area contributed by atoms with Gasteiger partial charge >= 0.3 is 0 Å². The minimum Gasteiger partial charge on any atom is -0.496 e. The molecule has 0 radical (unpaired) electrons. The van der Waals surface area contributed by atoms with Crippen LogP contribution >= 0.6 is 0 Å². The second-order valence-electron chi connectivity index (χ2n) is 8.96. The molecule has 0 atom stereocenters. The number of carbonyl (C=O) groups is 1. The first-order valence-electron chi connectivity index (χ1n) is 10.5. The van der Waals surface area contributed by atoms with E-state index in [0.29, 0.717) is 17.9 Å². The summed E-state index contributed by atoms with van der Waals surface area (Å²) >= 11 is 0. The highest BCUT2D eigenvalue weighted by molar-refractivity contribution is 5.96. The number of hydrogen-bond acceptors (Lipinski definition) is 3. The van der Waals surface area contributed by atoms with Gasteiger partial charge in [0.2, 0.25) is 0 Å². The van der Waals surface area contributed by atoms with Crippen LogP contribution in [0.25, 0.3) is 0 Å². The largest absolute Gasteiger partial charge is 0.496 e. The fourth-order valence-corrected chi connectivity index (χ4v) is 4.30. The summed E-state index contributed by atoms with van der Waals surface area (Å²) in [4.78, 5) is 12.9. The van der Waals surface area contributed by atoms with Crippen LogP contribution in [0, 0.1) is 0 Å². The Balaban J connectivity index is 1.75. The Labute approximate surface area is 174 Å². The Morgan fingerprint density at radius 3 is 2.28 bits per heavy atom. The lowest BCUT2D eigenvalue weighted by Crippen LogP contribution is -2.45. The third-order valence-electron chi connectivity index (χ3n) is 5.74. The van der Waals surface area contributed by atoms with Gasteiger partial charge < -0.3 is 14.8 Å². The molecule has 0 aliphatic heterocycles. The quantitative estimate of drug-likeness (QED) is 0.738. The molecule has 2 aromatic rings. The average molecular weight is 396 g/mol. The summed E-state index contributed by atoms with van der Waals surface area (Å²) in [6, 6.07) is 17.9. The molecular weight excluding hydrogens is 362 g/mol. The molecule has 1 saturated carbocycles. The molecule has 1 aliphatic carbocycles. The predicted octanol–water partition coefficient (Wildman–Crippen LogP) is 5.12. The molecule has 1 amide bonds. The van der Waals surface area contributed by atoms with Gasteiger partial charge in [-0.2, -0.15) is 0 Å². The second-order valence-corrected chi connectivity index (χ2v) is 8.96. The second kappa shape index (κ2) is 9.00. The van der Waals surface area contributed by atoms with Crippen molar-refractivity contribution < 1.29 is 14.3 Å². The Bertz CT molecular complexity index is 802. The molecule has 3 rings (SSSR count). The number of benzene rings is 2. The van der Waals surface area contributed by atoms with Gasteiger partial charge in [0.1, 0.15) is 5.75 Å². The van der Waals surface area contributed by atoms with Gasteiger partial charge in [-0.1, -0.05) is 42.5 Å². The van der Waals surface area contributed by atoms with E-state index in [-0.39, 0.29) is 23.0 Å². The van der Waals surface area contributed by atoms with Crippen LogP contribution < -0.4 is 10.1 Å². The van der Waals surface area contributed by atoms with Crippen LogP contribution in [0.2, 0.25) is 0 Å². The molecule has 0 heterocycles. The third kappa shape index (κ3) is 5.39. The van der Waals surface area contributed by atoms with E-state index < -0.39 is 0 Å². The first-order chi connectivity index (χ1) is 13.8. The fourth-order valence-electron chi connectivity index (χ4n) is 4.30. The third-order valence-corrected chi connectivity index (χ3v) is 5.74. The predicted molar refractivity (Wildman–Crippen MR) is 117 cm³/mol. The van der Waals surface area contributed by atoms with E-state index in [1.807, 2.05) is 24.3 Å². The highest BCUT2D eigenvalue weighted by Crippen LogP contribution is 2.41. The molecule has 2 aromatic carbocycles. The molecule has 156 valence electrons. The van der Waals surface area contributed by atoms with Gasteiger partial charge in [-0.3, -0.25) is 4.79 Å².